The summed E-state index contributed by atoms with van der Waals surface area (Å²) in [6.07, 6.45) is 1.89. The summed E-state index contributed by atoms with van der Waals surface area (Å²) in [5.41, 5.74) is 1.86. The van der Waals surface area contributed by atoms with E-state index in [1.54, 1.807) is 6.07 Å². The number of H-pyrrole nitrogens is 1. The number of nitrogens with one attached hydrogen (secondary N) is 1. The Morgan fingerprint density at radius 3 is 2.95 bits per heavy atom. The first-order valence-electron chi connectivity index (χ1n) is 5.87. The molecule has 0 fully saturated rings. The van der Waals surface area contributed by atoms with Crippen molar-refractivity contribution in [3.05, 3.63) is 64.5 Å². The predicted octanol–water partition coefficient (Wildman–Crippen LogP) is 4.65. The minimum atomic E-state index is -0.276. The maximum atomic E-state index is 13.4. The van der Waals surface area contributed by atoms with E-state index in [0.29, 0.717) is 11.1 Å². The molecule has 4 heteroatoms. The van der Waals surface area contributed by atoms with Gasteiger partial charge in [-0.2, -0.15) is 0 Å². The van der Waals surface area contributed by atoms with Gasteiger partial charge in [0.25, 0.3) is 0 Å². The largest absolute Gasteiger partial charge is 0.489 e. The molecule has 0 amide bonds. The van der Waals surface area contributed by atoms with E-state index < -0.39 is 0 Å². The summed E-state index contributed by atoms with van der Waals surface area (Å²) < 4.78 is 19.5. The molecule has 0 aliphatic heterocycles. The van der Waals surface area contributed by atoms with Gasteiger partial charge in [-0.3, -0.25) is 0 Å². The number of hydrogen-bond donors (Lipinski definition) is 1. The Balaban J connectivity index is 1.80. The highest BCUT2D eigenvalue weighted by Gasteiger charge is 2.06. The first-order valence-corrected chi connectivity index (χ1v) is 6.66. The van der Waals surface area contributed by atoms with Gasteiger partial charge in [0.05, 0.1) is 4.47 Å². The van der Waals surface area contributed by atoms with Crippen LogP contribution in [-0.4, -0.2) is 4.98 Å². The van der Waals surface area contributed by atoms with Crippen molar-refractivity contribution < 1.29 is 9.13 Å². The molecule has 0 aliphatic carbocycles. The lowest BCUT2D eigenvalue weighted by molar-refractivity contribution is 0.305. The van der Waals surface area contributed by atoms with E-state index >= 15 is 0 Å². The lowest BCUT2D eigenvalue weighted by Crippen LogP contribution is -1.97. The van der Waals surface area contributed by atoms with E-state index in [4.69, 9.17) is 4.74 Å². The predicted molar refractivity (Wildman–Crippen MR) is 76.7 cm³/mol. The van der Waals surface area contributed by atoms with E-state index in [0.717, 1.165) is 22.2 Å². The molecule has 0 unspecified atom stereocenters. The second-order valence-electron chi connectivity index (χ2n) is 4.23. The molecule has 3 aromatic rings. The summed E-state index contributed by atoms with van der Waals surface area (Å²) in [6, 6.07) is 12.7. The number of ether oxygens (including phenoxy) is 1. The van der Waals surface area contributed by atoms with Crippen molar-refractivity contribution in [2.24, 2.45) is 0 Å². The van der Waals surface area contributed by atoms with Crippen molar-refractivity contribution in [3.8, 4) is 5.75 Å². The zero-order valence-electron chi connectivity index (χ0n) is 9.99. The molecular weight excluding hydrogens is 309 g/mol. The molecule has 2 aromatic carbocycles. The van der Waals surface area contributed by atoms with Crippen molar-refractivity contribution in [2.75, 3.05) is 0 Å². The van der Waals surface area contributed by atoms with Gasteiger partial charge < -0.3 is 9.72 Å². The van der Waals surface area contributed by atoms with Crippen molar-refractivity contribution >= 4 is 26.8 Å². The first-order chi connectivity index (χ1) is 9.24. The highest BCUT2D eigenvalue weighted by molar-refractivity contribution is 9.10. The molecule has 2 nitrogen and oxygen atoms in total. The van der Waals surface area contributed by atoms with E-state index in [1.165, 1.54) is 6.07 Å². The second kappa shape index (κ2) is 5.05. The lowest BCUT2D eigenvalue weighted by atomic mass is 10.2. The van der Waals surface area contributed by atoms with Crippen molar-refractivity contribution in [1.82, 2.24) is 4.98 Å². The van der Waals surface area contributed by atoms with Gasteiger partial charge in [-0.1, -0.05) is 12.1 Å². The van der Waals surface area contributed by atoms with E-state index in [-0.39, 0.29) is 5.82 Å². The molecule has 19 heavy (non-hydrogen) atoms. The summed E-state index contributed by atoms with van der Waals surface area (Å²) in [5, 5.41) is 1.09. The fraction of sp³-hybridized carbons (Fsp3) is 0.0667. The number of hydrogen-bond acceptors (Lipinski definition) is 1. The maximum Gasteiger partial charge on any atom is 0.137 e. The van der Waals surface area contributed by atoms with Gasteiger partial charge in [-0.05, 0) is 46.3 Å². The highest BCUT2D eigenvalue weighted by atomic mass is 79.9. The number of aromatic amines is 1. The molecule has 3 rings (SSSR count). The molecule has 0 atom stereocenters. The average Bonchev–Trinajstić information content (AvgIpc) is 2.88. The summed E-state index contributed by atoms with van der Waals surface area (Å²) >= 11 is 3.23. The number of fused-ring (bicyclic) bond motifs is 1. The van der Waals surface area contributed by atoms with Crippen LogP contribution in [0.25, 0.3) is 10.9 Å². The Kier molecular flexibility index (Phi) is 3.25. The zero-order chi connectivity index (χ0) is 13.2. The Hall–Kier alpha value is -1.81. The van der Waals surface area contributed by atoms with Gasteiger partial charge in [0.15, 0.2) is 0 Å². The molecule has 0 spiro atoms. The van der Waals surface area contributed by atoms with E-state index in [2.05, 4.69) is 20.9 Å². The van der Waals surface area contributed by atoms with Gasteiger partial charge in [-0.25, -0.2) is 4.39 Å². The number of benzene rings is 2. The topological polar surface area (TPSA) is 25.0 Å². The Morgan fingerprint density at radius 2 is 2.05 bits per heavy atom. The second-order valence-corrected chi connectivity index (χ2v) is 5.02. The van der Waals surface area contributed by atoms with Crippen LogP contribution >= 0.6 is 15.9 Å². The third-order valence-corrected chi connectivity index (χ3v) is 3.84. The minimum Gasteiger partial charge on any atom is -0.489 e. The smallest absolute Gasteiger partial charge is 0.137 e. The molecule has 0 aliphatic rings. The number of halogens is 2. The van der Waals surface area contributed by atoms with Crippen LogP contribution < -0.4 is 4.74 Å². The molecule has 1 heterocycles. The van der Waals surface area contributed by atoms with Crippen LogP contribution in [0.4, 0.5) is 4.39 Å². The normalized spacial score (nSPS) is 10.8. The summed E-state index contributed by atoms with van der Waals surface area (Å²) in [7, 11) is 0. The monoisotopic (exact) mass is 319 g/mol. The third kappa shape index (κ3) is 2.49. The fourth-order valence-corrected chi connectivity index (χ4v) is 2.32. The highest BCUT2D eigenvalue weighted by Crippen LogP contribution is 2.24. The molecule has 0 bridgehead atoms. The van der Waals surface area contributed by atoms with Crippen molar-refractivity contribution in [2.45, 2.75) is 6.61 Å². The Morgan fingerprint density at radius 1 is 1.16 bits per heavy atom. The molecule has 96 valence electrons. The van der Waals surface area contributed by atoms with Crippen LogP contribution in [0.1, 0.15) is 5.56 Å². The molecule has 0 radical (unpaired) electrons. The number of aromatic nitrogens is 1. The van der Waals surface area contributed by atoms with Crippen LogP contribution in [-0.2, 0) is 6.61 Å². The lowest BCUT2D eigenvalue weighted by Gasteiger charge is -2.08. The maximum absolute atomic E-state index is 13.4. The summed E-state index contributed by atoms with van der Waals surface area (Å²) in [4.78, 5) is 3.12. The average molecular weight is 320 g/mol. The van der Waals surface area contributed by atoms with Crippen LogP contribution in [0.15, 0.2) is 53.1 Å². The quantitative estimate of drug-likeness (QED) is 0.747. The van der Waals surface area contributed by atoms with Crippen LogP contribution in [0.3, 0.4) is 0 Å². The standard InChI is InChI=1S/C15H11BrFNO/c16-15-11(2-1-3-13(15)17)9-19-12-4-5-14-10(8-12)6-7-18-14/h1-8,18H,9H2. The number of rotatable bonds is 3. The fourth-order valence-electron chi connectivity index (χ4n) is 1.94. The molecule has 0 saturated carbocycles. The third-order valence-electron chi connectivity index (χ3n) is 2.95. The van der Waals surface area contributed by atoms with Crippen LogP contribution in [0, 0.1) is 5.82 Å². The SMILES string of the molecule is Fc1cccc(COc2ccc3[nH]ccc3c2)c1Br. The molecular formula is C15H11BrFNO. The Bertz CT molecular complexity index is 723. The van der Waals surface area contributed by atoms with Crippen LogP contribution in [0.5, 0.6) is 5.75 Å². The van der Waals surface area contributed by atoms with E-state index in [1.807, 2.05) is 36.5 Å². The molecule has 1 N–H and O–H groups in total. The minimum absolute atomic E-state index is 0.276. The van der Waals surface area contributed by atoms with E-state index in [9.17, 15) is 4.39 Å². The first kappa shape index (κ1) is 12.2. The zero-order valence-corrected chi connectivity index (χ0v) is 11.6. The van der Waals surface area contributed by atoms with Gasteiger partial charge in [0.2, 0.25) is 0 Å². The molecule has 1 aromatic heterocycles. The van der Waals surface area contributed by atoms with Gasteiger partial charge in [0.1, 0.15) is 18.2 Å². The van der Waals surface area contributed by atoms with Crippen molar-refractivity contribution in [3.63, 3.8) is 0 Å². The van der Waals surface area contributed by atoms with Gasteiger partial charge >= 0.3 is 0 Å². The van der Waals surface area contributed by atoms with Gasteiger partial charge in [0, 0.05) is 22.7 Å². The summed E-state index contributed by atoms with van der Waals surface area (Å²) in [5.74, 6) is 0.491. The Labute approximate surface area is 118 Å². The van der Waals surface area contributed by atoms with Gasteiger partial charge in [-0.15, -0.1) is 0 Å². The van der Waals surface area contributed by atoms with Crippen LogP contribution in [0.2, 0.25) is 0 Å². The van der Waals surface area contributed by atoms with Crippen molar-refractivity contribution in [1.29, 1.82) is 0 Å². The molecule has 0 saturated heterocycles. The summed E-state index contributed by atoms with van der Waals surface area (Å²) in [6.45, 7) is 0.328.